The van der Waals surface area contributed by atoms with Crippen LogP contribution in [0.2, 0.25) is 0 Å². The van der Waals surface area contributed by atoms with Crippen LogP contribution in [0.1, 0.15) is 17.3 Å². The molecule has 1 aliphatic heterocycles. The Morgan fingerprint density at radius 2 is 1.74 bits per heavy atom. The van der Waals surface area contributed by atoms with Crippen LogP contribution in [-0.4, -0.2) is 57.1 Å². The quantitative estimate of drug-likeness (QED) is 0.788. The first-order valence-corrected chi connectivity index (χ1v) is 10.3. The summed E-state index contributed by atoms with van der Waals surface area (Å²) in [4.78, 5) is 16.2. The Labute approximate surface area is 159 Å². The molecular weight excluding hydrogens is 366 g/mol. The molecule has 8 heteroatoms. The largest absolute Gasteiger partial charge is 0.478 e. The number of aromatic carboxylic acids is 1. The highest BCUT2D eigenvalue weighted by molar-refractivity contribution is 7.92. The molecule has 2 aromatic rings. The summed E-state index contributed by atoms with van der Waals surface area (Å²) in [6.07, 6.45) is 0. The second-order valence-electron chi connectivity index (χ2n) is 6.37. The van der Waals surface area contributed by atoms with Crippen molar-refractivity contribution in [1.82, 2.24) is 4.90 Å². The van der Waals surface area contributed by atoms with E-state index in [4.69, 9.17) is 0 Å². The van der Waals surface area contributed by atoms with Crippen molar-refractivity contribution in [2.45, 2.75) is 11.8 Å². The highest BCUT2D eigenvalue weighted by Crippen LogP contribution is 2.26. The third-order valence-electron chi connectivity index (χ3n) is 4.72. The fourth-order valence-corrected chi connectivity index (χ4v) is 4.22. The summed E-state index contributed by atoms with van der Waals surface area (Å²) < 4.78 is 27.4. The highest BCUT2D eigenvalue weighted by Gasteiger charge is 2.21. The summed E-state index contributed by atoms with van der Waals surface area (Å²) in [6, 6.07) is 12.7. The number of carboxylic acids is 1. The summed E-state index contributed by atoms with van der Waals surface area (Å²) in [7, 11) is -3.85. The molecule has 27 heavy (non-hydrogen) atoms. The van der Waals surface area contributed by atoms with E-state index in [0.717, 1.165) is 38.4 Å². The number of likely N-dealkylation sites (N-methyl/N-ethyl adjacent to an activating group) is 1. The average molecular weight is 389 g/mol. The SMILES string of the molecule is CCN1CCN(c2ccc(NS(=O)(=O)c3ccccc3)c(C(=O)O)c2)CC1. The van der Waals surface area contributed by atoms with Crippen molar-refractivity contribution in [3.05, 3.63) is 54.1 Å². The van der Waals surface area contributed by atoms with E-state index < -0.39 is 16.0 Å². The molecule has 0 amide bonds. The lowest BCUT2D eigenvalue weighted by atomic mass is 10.1. The maximum absolute atomic E-state index is 12.5. The molecule has 0 unspecified atom stereocenters. The number of hydrogen-bond donors (Lipinski definition) is 2. The topological polar surface area (TPSA) is 90.0 Å². The van der Waals surface area contributed by atoms with Crippen LogP contribution in [0.25, 0.3) is 0 Å². The molecule has 1 heterocycles. The number of piperazine rings is 1. The van der Waals surface area contributed by atoms with Crippen molar-refractivity contribution in [3.8, 4) is 0 Å². The smallest absolute Gasteiger partial charge is 0.337 e. The van der Waals surface area contributed by atoms with Gasteiger partial charge in [-0.15, -0.1) is 0 Å². The fraction of sp³-hybridized carbons (Fsp3) is 0.316. The van der Waals surface area contributed by atoms with Crippen molar-refractivity contribution >= 4 is 27.4 Å². The van der Waals surface area contributed by atoms with Gasteiger partial charge in [0.15, 0.2) is 0 Å². The van der Waals surface area contributed by atoms with E-state index in [1.807, 2.05) is 0 Å². The fourth-order valence-electron chi connectivity index (χ4n) is 3.12. The molecule has 2 aromatic carbocycles. The van der Waals surface area contributed by atoms with Crippen molar-refractivity contribution in [1.29, 1.82) is 0 Å². The van der Waals surface area contributed by atoms with Crippen molar-refractivity contribution in [3.63, 3.8) is 0 Å². The third-order valence-corrected chi connectivity index (χ3v) is 6.10. The molecule has 1 aliphatic rings. The van der Waals surface area contributed by atoms with Crippen molar-refractivity contribution in [2.24, 2.45) is 0 Å². The number of nitrogens with zero attached hydrogens (tertiary/aromatic N) is 2. The molecule has 3 rings (SSSR count). The Hall–Kier alpha value is -2.58. The maximum atomic E-state index is 12.5. The van der Waals surface area contributed by atoms with E-state index in [0.29, 0.717) is 0 Å². The Balaban J connectivity index is 1.86. The Morgan fingerprint density at radius 1 is 1.07 bits per heavy atom. The Morgan fingerprint density at radius 3 is 2.33 bits per heavy atom. The Bertz CT molecular complexity index is 908. The molecule has 1 fully saturated rings. The zero-order valence-electron chi connectivity index (χ0n) is 15.1. The molecule has 0 aromatic heterocycles. The molecule has 144 valence electrons. The van der Waals surface area contributed by atoms with E-state index in [2.05, 4.69) is 21.4 Å². The lowest BCUT2D eigenvalue weighted by Gasteiger charge is -2.35. The van der Waals surface area contributed by atoms with Gasteiger partial charge in [0.2, 0.25) is 0 Å². The van der Waals surface area contributed by atoms with Crippen LogP contribution < -0.4 is 9.62 Å². The van der Waals surface area contributed by atoms with Crippen LogP contribution in [-0.2, 0) is 10.0 Å². The highest BCUT2D eigenvalue weighted by atomic mass is 32.2. The minimum Gasteiger partial charge on any atom is -0.478 e. The molecule has 2 N–H and O–H groups in total. The zero-order valence-corrected chi connectivity index (χ0v) is 15.9. The standard InChI is InChI=1S/C19H23N3O4S/c1-2-21-10-12-22(13-11-21)15-8-9-18(17(14-15)19(23)24)20-27(25,26)16-6-4-3-5-7-16/h3-9,14,20H,2,10-13H2,1H3,(H,23,24). The number of nitrogens with one attached hydrogen (secondary N) is 1. The second-order valence-corrected chi connectivity index (χ2v) is 8.06. The van der Waals surface area contributed by atoms with Crippen molar-refractivity contribution < 1.29 is 18.3 Å². The summed E-state index contributed by atoms with van der Waals surface area (Å²) in [5.41, 5.74) is 0.776. The second kappa shape index (κ2) is 7.98. The van der Waals surface area contributed by atoms with Gasteiger partial charge in [0, 0.05) is 31.9 Å². The lowest BCUT2D eigenvalue weighted by Crippen LogP contribution is -2.46. The number of sulfonamides is 1. The van der Waals surface area contributed by atoms with E-state index >= 15 is 0 Å². The molecule has 0 spiro atoms. The summed E-state index contributed by atoms with van der Waals surface area (Å²) >= 11 is 0. The Kier molecular flexibility index (Phi) is 5.67. The molecule has 0 saturated carbocycles. The summed E-state index contributed by atoms with van der Waals surface area (Å²) in [6.45, 7) is 6.56. The van der Waals surface area contributed by atoms with Gasteiger partial charge in [-0.2, -0.15) is 0 Å². The van der Waals surface area contributed by atoms with Gasteiger partial charge in [-0.3, -0.25) is 4.72 Å². The number of carbonyl (C=O) groups is 1. The van der Waals surface area contributed by atoms with Gasteiger partial charge in [0.25, 0.3) is 10.0 Å². The molecular formula is C19H23N3O4S. The van der Waals surface area contributed by atoms with E-state index in [1.54, 1.807) is 24.3 Å². The van der Waals surface area contributed by atoms with Crippen LogP contribution in [0.3, 0.4) is 0 Å². The normalized spacial score (nSPS) is 15.5. The van der Waals surface area contributed by atoms with Gasteiger partial charge in [-0.05, 0) is 36.9 Å². The molecule has 0 atom stereocenters. The molecule has 0 radical (unpaired) electrons. The predicted molar refractivity (Wildman–Crippen MR) is 105 cm³/mol. The number of benzene rings is 2. The first-order valence-electron chi connectivity index (χ1n) is 8.83. The van der Waals surface area contributed by atoms with Gasteiger partial charge in [0.05, 0.1) is 16.1 Å². The monoisotopic (exact) mass is 389 g/mol. The molecule has 7 nitrogen and oxygen atoms in total. The first kappa shape index (κ1) is 19.2. The first-order chi connectivity index (χ1) is 12.9. The van der Waals surface area contributed by atoms with Gasteiger partial charge in [-0.1, -0.05) is 25.1 Å². The summed E-state index contributed by atoms with van der Waals surface area (Å²) in [5.74, 6) is -1.17. The zero-order chi connectivity index (χ0) is 19.4. The lowest BCUT2D eigenvalue weighted by molar-refractivity contribution is 0.0698. The minimum atomic E-state index is -3.85. The van der Waals surface area contributed by atoms with Gasteiger partial charge in [-0.25, -0.2) is 13.2 Å². The van der Waals surface area contributed by atoms with Gasteiger partial charge >= 0.3 is 5.97 Å². The third kappa shape index (κ3) is 4.40. The van der Waals surface area contributed by atoms with E-state index in [1.165, 1.54) is 24.3 Å². The minimum absolute atomic E-state index is 0.0577. The predicted octanol–water partition coefficient (Wildman–Crippen LogP) is 2.33. The van der Waals surface area contributed by atoms with E-state index in [9.17, 15) is 18.3 Å². The van der Waals surface area contributed by atoms with Crippen LogP contribution in [0, 0.1) is 0 Å². The number of anilines is 2. The van der Waals surface area contributed by atoms with Crippen LogP contribution >= 0.6 is 0 Å². The van der Waals surface area contributed by atoms with Crippen LogP contribution in [0.4, 0.5) is 11.4 Å². The van der Waals surface area contributed by atoms with Crippen molar-refractivity contribution in [2.75, 3.05) is 42.3 Å². The van der Waals surface area contributed by atoms with Gasteiger partial charge in [0.1, 0.15) is 0 Å². The summed E-state index contributed by atoms with van der Waals surface area (Å²) in [5, 5.41) is 9.57. The maximum Gasteiger partial charge on any atom is 0.337 e. The van der Waals surface area contributed by atoms with Crippen LogP contribution in [0.5, 0.6) is 0 Å². The molecule has 0 aliphatic carbocycles. The van der Waals surface area contributed by atoms with Crippen LogP contribution in [0.15, 0.2) is 53.4 Å². The average Bonchev–Trinajstić information content (AvgIpc) is 2.68. The van der Waals surface area contributed by atoms with E-state index in [-0.39, 0.29) is 16.1 Å². The number of hydrogen-bond acceptors (Lipinski definition) is 5. The molecule has 1 saturated heterocycles. The number of rotatable bonds is 6. The van der Waals surface area contributed by atoms with Gasteiger partial charge < -0.3 is 14.9 Å². The number of carboxylic acid groups (broad SMARTS) is 1. The molecule has 0 bridgehead atoms.